The van der Waals surface area contributed by atoms with Crippen molar-refractivity contribution in [3.63, 3.8) is 0 Å². The lowest BCUT2D eigenvalue weighted by molar-refractivity contribution is -0.129. The zero-order valence-electron chi connectivity index (χ0n) is 9.08. The molecule has 0 aliphatic heterocycles. The third-order valence-electron chi connectivity index (χ3n) is 2.46. The number of hydrogen-bond donors (Lipinski definition) is 1. The molecule has 0 bridgehead atoms. The SMILES string of the molecule is COCCN(C)C(=O)CNCC1CC1. The topological polar surface area (TPSA) is 41.6 Å². The number of ether oxygens (including phenoxy) is 1. The van der Waals surface area contributed by atoms with Gasteiger partial charge < -0.3 is 15.0 Å². The number of nitrogens with one attached hydrogen (secondary N) is 1. The molecule has 1 aliphatic rings. The number of nitrogens with zero attached hydrogens (tertiary/aromatic N) is 1. The van der Waals surface area contributed by atoms with Crippen LogP contribution in [-0.4, -0.2) is 51.2 Å². The van der Waals surface area contributed by atoms with Crippen molar-refractivity contribution >= 4 is 5.91 Å². The van der Waals surface area contributed by atoms with Crippen LogP contribution >= 0.6 is 0 Å². The van der Waals surface area contributed by atoms with Gasteiger partial charge in [0.05, 0.1) is 13.2 Å². The van der Waals surface area contributed by atoms with Gasteiger partial charge in [0.25, 0.3) is 0 Å². The predicted molar refractivity (Wildman–Crippen MR) is 55.1 cm³/mol. The quantitative estimate of drug-likeness (QED) is 0.633. The lowest BCUT2D eigenvalue weighted by Crippen LogP contribution is -2.37. The maximum atomic E-state index is 11.5. The zero-order valence-corrected chi connectivity index (χ0v) is 9.08. The number of carbonyl (C=O) groups excluding carboxylic acids is 1. The lowest BCUT2D eigenvalue weighted by Gasteiger charge is -2.16. The Hall–Kier alpha value is -0.610. The standard InChI is InChI=1S/C10H20N2O2/c1-12(5-6-14-2)10(13)8-11-7-9-3-4-9/h9,11H,3-8H2,1-2H3. The van der Waals surface area contributed by atoms with Crippen molar-refractivity contribution < 1.29 is 9.53 Å². The summed E-state index contributed by atoms with van der Waals surface area (Å²) in [4.78, 5) is 13.2. The summed E-state index contributed by atoms with van der Waals surface area (Å²) in [5, 5.41) is 3.17. The van der Waals surface area contributed by atoms with Crippen LogP contribution in [0.25, 0.3) is 0 Å². The highest BCUT2D eigenvalue weighted by molar-refractivity contribution is 5.77. The highest BCUT2D eigenvalue weighted by atomic mass is 16.5. The summed E-state index contributed by atoms with van der Waals surface area (Å²) in [6, 6.07) is 0. The fourth-order valence-electron chi connectivity index (χ4n) is 1.19. The summed E-state index contributed by atoms with van der Waals surface area (Å²) in [6.45, 7) is 2.71. The number of rotatable bonds is 7. The monoisotopic (exact) mass is 200 g/mol. The first kappa shape index (κ1) is 11.5. The number of methoxy groups -OCH3 is 1. The van der Waals surface area contributed by atoms with E-state index in [9.17, 15) is 4.79 Å². The molecule has 0 radical (unpaired) electrons. The molecular formula is C10H20N2O2. The van der Waals surface area contributed by atoms with E-state index in [1.807, 2.05) is 0 Å². The maximum Gasteiger partial charge on any atom is 0.236 e. The first-order valence-corrected chi connectivity index (χ1v) is 5.17. The molecule has 0 atom stereocenters. The van der Waals surface area contributed by atoms with Gasteiger partial charge in [0.1, 0.15) is 0 Å². The van der Waals surface area contributed by atoms with Gasteiger partial charge in [0, 0.05) is 20.7 Å². The van der Waals surface area contributed by atoms with E-state index in [0.29, 0.717) is 19.7 Å². The van der Waals surface area contributed by atoms with Crippen LogP contribution in [0.4, 0.5) is 0 Å². The highest BCUT2D eigenvalue weighted by Gasteiger charge is 2.20. The molecule has 4 nitrogen and oxygen atoms in total. The summed E-state index contributed by atoms with van der Waals surface area (Å²) in [5.41, 5.74) is 0. The lowest BCUT2D eigenvalue weighted by atomic mass is 10.4. The van der Waals surface area contributed by atoms with E-state index in [0.717, 1.165) is 12.5 Å². The van der Waals surface area contributed by atoms with Crippen molar-refractivity contribution in [3.05, 3.63) is 0 Å². The fraction of sp³-hybridized carbons (Fsp3) is 0.900. The molecule has 1 amide bonds. The van der Waals surface area contributed by atoms with Gasteiger partial charge in [0.15, 0.2) is 0 Å². The molecule has 82 valence electrons. The summed E-state index contributed by atoms with van der Waals surface area (Å²) in [5.74, 6) is 0.967. The van der Waals surface area contributed by atoms with Crippen LogP contribution in [-0.2, 0) is 9.53 Å². The van der Waals surface area contributed by atoms with Crippen molar-refractivity contribution in [3.8, 4) is 0 Å². The normalized spacial score (nSPS) is 15.6. The zero-order chi connectivity index (χ0) is 10.4. The van der Waals surface area contributed by atoms with Crippen molar-refractivity contribution in [2.75, 3.05) is 40.4 Å². The van der Waals surface area contributed by atoms with Crippen molar-refractivity contribution in [2.24, 2.45) is 5.92 Å². The largest absolute Gasteiger partial charge is 0.383 e. The Kier molecular flexibility index (Phi) is 4.90. The van der Waals surface area contributed by atoms with Gasteiger partial charge >= 0.3 is 0 Å². The second-order valence-electron chi connectivity index (χ2n) is 3.88. The molecule has 1 aliphatic carbocycles. The first-order chi connectivity index (χ1) is 6.74. The molecule has 0 aromatic heterocycles. The molecule has 0 heterocycles. The average molecular weight is 200 g/mol. The minimum atomic E-state index is 0.141. The minimum Gasteiger partial charge on any atom is -0.383 e. The van der Waals surface area contributed by atoms with Crippen LogP contribution in [0, 0.1) is 5.92 Å². The molecule has 4 heteroatoms. The van der Waals surface area contributed by atoms with E-state index < -0.39 is 0 Å². The number of amides is 1. The third-order valence-corrected chi connectivity index (χ3v) is 2.46. The molecule has 1 N–H and O–H groups in total. The predicted octanol–water partition coefficient (Wildman–Crippen LogP) is 0.0908. The number of carbonyl (C=O) groups is 1. The van der Waals surface area contributed by atoms with Crippen LogP contribution in [0.3, 0.4) is 0 Å². The Balaban J connectivity index is 2.00. The molecule has 0 aromatic rings. The smallest absolute Gasteiger partial charge is 0.236 e. The second-order valence-corrected chi connectivity index (χ2v) is 3.88. The van der Waals surface area contributed by atoms with E-state index >= 15 is 0 Å². The van der Waals surface area contributed by atoms with E-state index in [1.54, 1.807) is 19.1 Å². The van der Waals surface area contributed by atoms with Crippen molar-refractivity contribution in [2.45, 2.75) is 12.8 Å². The molecule has 0 unspecified atom stereocenters. The summed E-state index contributed by atoms with van der Waals surface area (Å²) in [7, 11) is 3.45. The molecular weight excluding hydrogens is 180 g/mol. The highest BCUT2D eigenvalue weighted by Crippen LogP contribution is 2.27. The average Bonchev–Trinajstić information content (AvgIpc) is 2.97. The van der Waals surface area contributed by atoms with Gasteiger partial charge in [0.2, 0.25) is 5.91 Å². The van der Waals surface area contributed by atoms with E-state index in [4.69, 9.17) is 4.74 Å². The minimum absolute atomic E-state index is 0.141. The van der Waals surface area contributed by atoms with E-state index in [1.165, 1.54) is 12.8 Å². The summed E-state index contributed by atoms with van der Waals surface area (Å²) >= 11 is 0. The van der Waals surface area contributed by atoms with Crippen molar-refractivity contribution in [1.82, 2.24) is 10.2 Å². The molecule has 1 fully saturated rings. The van der Waals surface area contributed by atoms with Gasteiger partial charge in [-0.25, -0.2) is 0 Å². The van der Waals surface area contributed by atoms with Gasteiger partial charge in [-0.05, 0) is 25.3 Å². The molecule has 0 aromatic carbocycles. The summed E-state index contributed by atoms with van der Waals surface area (Å²) < 4.78 is 4.90. The Morgan fingerprint density at radius 2 is 2.29 bits per heavy atom. The fourth-order valence-corrected chi connectivity index (χ4v) is 1.19. The molecule has 1 rings (SSSR count). The summed E-state index contributed by atoms with van der Waals surface area (Å²) in [6.07, 6.45) is 2.64. The molecule has 1 saturated carbocycles. The van der Waals surface area contributed by atoms with Crippen LogP contribution < -0.4 is 5.32 Å². The van der Waals surface area contributed by atoms with Crippen molar-refractivity contribution in [1.29, 1.82) is 0 Å². The Labute approximate surface area is 85.6 Å². The van der Waals surface area contributed by atoms with Gasteiger partial charge in [-0.2, -0.15) is 0 Å². The Morgan fingerprint density at radius 1 is 1.57 bits per heavy atom. The molecule has 0 spiro atoms. The van der Waals surface area contributed by atoms with Gasteiger partial charge in [-0.1, -0.05) is 0 Å². The van der Waals surface area contributed by atoms with Crippen LogP contribution in [0.1, 0.15) is 12.8 Å². The number of hydrogen-bond acceptors (Lipinski definition) is 3. The Bertz CT molecular complexity index is 181. The Morgan fingerprint density at radius 3 is 2.86 bits per heavy atom. The third kappa shape index (κ3) is 4.58. The number of likely N-dealkylation sites (N-methyl/N-ethyl adjacent to an activating group) is 1. The van der Waals surface area contributed by atoms with Crippen LogP contribution in [0.2, 0.25) is 0 Å². The maximum absolute atomic E-state index is 11.5. The van der Waals surface area contributed by atoms with Gasteiger partial charge in [-0.15, -0.1) is 0 Å². The second kappa shape index (κ2) is 5.98. The molecule has 14 heavy (non-hydrogen) atoms. The molecule has 0 saturated heterocycles. The first-order valence-electron chi connectivity index (χ1n) is 5.17. The van der Waals surface area contributed by atoms with E-state index in [2.05, 4.69) is 5.32 Å². The van der Waals surface area contributed by atoms with Crippen LogP contribution in [0.5, 0.6) is 0 Å². The van der Waals surface area contributed by atoms with E-state index in [-0.39, 0.29) is 5.91 Å². The van der Waals surface area contributed by atoms with Crippen LogP contribution in [0.15, 0.2) is 0 Å². The van der Waals surface area contributed by atoms with Gasteiger partial charge in [-0.3, -0.25) is 4.79 Å².